The van der Waals surface area contributed by atoms with Gasteiger partial charge in [0.15, 0.2) is 0 Å². The van der Waals surface area contributed by atoms with Gasteiger partial charge in [0.25, 0.3) is 0 Å². The molecule has 0 radical (unpaired) electrons. The smallest absolute Gasteiger partial charge is 0.226 e. The van der Waals surface area contributed by atoms with Crippen LogP contribution in [0, 0.1) is 5.41 Å². The first-order valence-electron chi connectivity index (χ1n) is 6.25. The summed E-state index contributed by atoms with van der Waals surface area (Å²) in [6.45, 7) is 8.34. The topological polar surface area (TPSA) is 29.1 Å². The lowest BCUT2D eigenvalue weighted by Gasteiger charge is -2.30. The van der Waals surface area contributed by atoms with Gasteiger partial charge in [0.05, 0.1) is 0 Å². The van der Waals surface area contributed by atoms with E-state index in [2.05, 4.69) is 18.5 Å². The molecule has 0 spiro atoms. The maximum absolute atomic E-state index is 12.2. The molecule has 1 rings (SSSR count). The summed E-state index contributed by atoms with van der Waals surface area (Å²) in [5.74, 6) is 0.244. The highest BCUT2D eigenvalue weighted by Crippen LogP contribution is 2.37. The molecule has 0 aliphatic carbocycles. The molecule has 1 fully saturated rings. The van der Waals surface area contributed by atoms with Crippen molar-refractivity contribution < 1.29 is 4.79 Å². The summed E-state index contributed by atoms with van der Waals surface area (Å²) in [4.78, 5) is 12.2. The third-order valence-electron chi connectivity index (χ3n) is 3.50. The summed E-state index contributed by atoms with van der Waals surface area (Å²) in [5, 5.41) is 3.05. The Bertz CT molecular complexity index is 245. The Hall–Kier alpha value is -1.05. The van der Waals surface area contributed by atoms with E-state index in [1.807, 2.05) is 12.2 Å². The van der Waals surface area contributed by atoms with Gasteiger partial charge in [-0.3, -0.25) is 4.79 Å². The molecule has 90 valence electrons. The van der Waals surface area contributed by atoms with Crippen molar-refractivity contribution in [1.82, 2.24) is 5.32 Å². The first-order valence-corrected chi connectivity index (χ1v) is 6.25. The van der Waals surface area contributed by atoms with Gasteiger partial charge >= 0.3 is 0 Å². The number of carbonyl (C=O) groups is 1. The summed E-state index contributed by atoms with van der Waals surface area (Å²) >= 11 is 0. The van der Waals surface area contributed by atoms with Crippen molar-refractivity contribution >= 4 is 5.91 Å². The molecule has 1 amide bonds. The molecule has 1 N–H and O–H groups in total. The maximum Gasteiger partial charge on any atom is 0.226 e. The van der Waals surface area contributed by atoms with Gasteiger partial charge in [-0.15, -0.1) is 13.2 Å². The second-order valence-corrected chi connectivity index (χ2v) is 4.65. The molecule has 0 bridgehead atoms. The third kappa shape index (κ3) is 3.22. The van der Waals surface area contributed by atoms with Gasteiger partial charge in [-0.1, -0.05) is 18.6 Å². The van der Waals surface area contributed by atoms with Crippen LogP contribution in [0.4, 0.5) is 0 Å². The minimum atomic E-state index is -0.168. The SMILES string of the molecule is C=CCCC1(CCC=C)CCCCNC1=O. The highest BCUT2D eigenvalue weighted by atomic mass is 16.2. The first kappa shape index (κ1) is 13.0. The Kier molecular flexibility index (Phi) is 5.30. The predicted molar refractivity (Wildman–Crippen MR) is 68.2 cm³/mol. The molecule has 2 heteroatoms. The van der Waals surface area contributed by atoms with Gasteiger partial charge in [-0.2, -0.15) is 0 Å². The van der Waals surface area contributed by atoms with Crippen LogP contribution in [-0.2, 0) is 4.79 Å². The minimum absolute atomic E-state index is 0.168. The molecule has 0 saturated carbocycles. The normalized spacial score (nSPS) is 19.6. The van der Waals surface area contributed by atoms with Crippen LogP contribution in [0.3, 0.4) is 0 Å². The van der Waals surface area contributed by atoms with Crippen LogP contribution in [-0.4, -0.2) is 12.5 Å². The molecule has 1 aliphatic heterocycles. The summed E-state index contributed by atoms with van der Waals surface area (Å²) in [6, 6.07) is 0. The molecule has 0 atom stereocenters. The van der Waals surface area contributed by atoms with Crippen LogP contribution in [0.5, 0.6) is 0 Å². The van der Waals surface area contributed by atoms with Crippen LogP contribution in [0.15, 0.2) is 25.3 Å². The zero-order valence-corrected chi connectivity index (χ0v) is 10.1. The summed E-state index contributed by atoms with van der Waals surface area (Å²) in [5.41, 5.74) is -0.168. The average molecular weight is 221 g/mol. The van der Waals surface area contributed by atoms with E-state index < -0.39 is 0 Å². The molecule has 16 heavy (non-hydrogen) atoms. The van der Waals surface area contributed by atoms with Gasteiger partial charge in [0.2, 0.25) is 5.91 Å². The zero-order valence-electron chi connectivity index (χ0n) is 10.1. The standard InChI is InChI=1S/C14H23NO/c1-3-5-9-14(10-6-4-2)11-7-8-12-15-13(14)16/h3-4H,1-2,5-12H2,(H,15,16). The van der Waals surface area contributed by atoms with Crippen molar-refractivity contribution in [2.45, 2.75) is 44.9 Å². The Labute approximate surface area is 98.8 Å². The monoisotopic (exact) mass is 221 g/mol. The number of nitrogens with one attached hydrogen (secondary N) is 1. The lowest BCUT2D eigenvalue weighted by molar-refractivity contribution is -0.131. The Balaban J connectivity index is 2.74. The molecule has 1 heterocycles. The van der Waals surface area contributed by atoms with E-state index in [1.165, 1.54) is 0 Å². The van der Waals surface area contributed by atoms with Gasteiger partial charge in [0.1, 0.15) is 0 Å². The number of hydrogen-bond donors (Lipinski definition) is 1. The lowest BCUT2D eigenvalue weighted by atomic mass is 9.75. The van der Waals surface area contributed by atoms with Crippen LogP contribution in [0.2, 0.25) is 0 Å². The van der Waals surface area contributed by atoms with Crippen molar-refractivity contribution in [1.29, 1.82) is 0 Å². The average Bonchev–Trinajstić information content (AvgIpc) is 2.48. The number of hydrogen-bond acceptors (Lipinski definition) is 1. The first-order chi connectivity index (χ1) is 7.75. The fourth-order valence-corrected chi connectivity index (χ4v) is 2.45. The van der Waals surface area contributed by atoms with Crippen molar-refractivity contribution in [3.63, 3.8) is 0 Å². The van der Waals surface area contributed by atoms with Crippen molar-refractivity contribution in [3.8, 4) is 0 Å². The molecular weight excluding hydrogens is 198 g/mol. The van der Waals surface area contributed by atoms with Gasteiger partial charge in [-0.05, 0) is 38.5 Å². The van der Waals surface area contributed by atoms with E-state index in [9.17, 15) is 4.79 Å². The number of allylic oxidation sites excluding steroid dienone is 2. The van der Waals surface area contributed by atoms with Gasteiger partial charge in [-0.25, -0.2) is 0 Å². The van der Waals surface area contributed by atoms with Gasteiger partial charge in [0, 0.05) is 12.0 Å². The summed E-state index contributed by atoms with van der Waals surface area (Å²) in [7, 11) is 0. The quantitative estimate of drug-likeness (QED) is 0.686. The fraction of sp³-hybridized carbons (Fsp3) is 0.643. The third-order valence-corrected chi connectivity index (χ3v) is 3.50. The molecule has 2 nitrogen and oxygen atoms in total. The van der Waals surface area contributed by atoms with Crippen molar-refractivity contribution in [2.24, 2.45) is 5.41 Å². The molecule has 0 aromatic rings. The molecule has 0 unspecified atom stereocenters. The molecule has 0 aromatic heterocycles. The van der Waals surface area contributed by atoms with E-state index in [1.54, 1.807) is 0 Å². The van der Waals surface area contributed by atoms with Crippen molar-refractivity contribution in [2.75, 3.05) is 6.54 Å². The van der Waals surface area contributed by atoms with E-state index in [0.29, 0.717) is 0 Å². The van der Waals surface area contributed by atoms with E-state index >= 15 is 0 Å². The highest BCUT2D eigenvalue weighted by molar-refractivity contribution is 5.82. The Morgan fingerprint density at radius 3 is 2.38 bits per heavy atom. The Morgan fingerprint density at radius 2 is 1.81 bits per heavy atom. The summed E-state index contributed by atoms with van der Waals surface area (Å²) in [6.07, 6.45) is 10.8. The number of amides is 1. The predicted octanol–water partition coefficient (Wildman–Crippen LogP) is 3.21. The molecular formula is C14H23NO. The van der Waals surface area contributed by atoms with Crippen LogP contribution in [0.1, 0.15) is 44.9 Å². The van der Waals surface area contributed by atoms with Crippen molar-refractivity contribution in [3.05, 3.63) is 25.3 Å². The second kappa shape index (κ2) is 6.51. The van der Waals surface area contributed by atoms with E-state index in [4.69, 9.17) is 0 Å². The number of carbonyl (C=O) groups excluding carboxylic acids is 1. The van der Waals surface area contributed by atoms with Crippen LogP contribution < -0.4 is 5.32 Å². The maximum atomic E-state index is 12.2. The van der Waals surface area contributed by atoms with Gasteiger partial charge < -0.3 is 5.32 Å². The minimum Gasteiger partial charge on any atom is -0.356 e. The van der Waals surface area contributed by atoms with E-state index in [0.717, 1.165) is 51.5 Å². The lowest BCUT2D eigenvalue weighted by Crippen LogP contribution is -2.39. The largest absolute Gasteiger partial charge is 0.356 e. The van der Waals surface area contributed by atoms with Crippen LogP contribution >= 0.6 is 0 Å². The fourth-order valence-electron chi connectivity index (χ4n) is 2.45. The zero-order chi connectivity index (χ0) is 11.9. The molecule has 1 saturated heterocycles. The second-order valence-electron chi connectivity index (χ2n) is 4.65. The number of rotatable bonds is 6. The summed E-state index contributed by atoms with van der Waals surface area (Å²) < 4.78 is 0. The highest BCUT2D eigenvalue weighted by Gasteiger charge is 2.37. The molecule has 0 aromatic carbocycles. The van der Waals surface area contributed by atoms with Crippen LogP contribution in [0.25, 0.3) is 0 Å². The molecule has 1 aliphatic rings. The Morgan fingerprint density at radius 1 is 1.19 bits per heavy atom. The van der Waals surface area contributed by atoms with E-state index in [-0.39, 0.29) is 11.3 Å².